The molecule has 0 aliphatic heterocycles. The molecule has 0 saturated heterocycles. The Hall–Kier alpha value is -2.32. The van der Waals surface area contributed by atoms with Crippen molar-refractivity contribution in [2.45, 2.75) is 31.6 Å². The van der Waals surface area contributed by atoms with E-state index in [1.165, 1.54) is 17.4 Å². The van der Waals surface area contributed by atoms with Crippen molar-refractivity contribution in [2.24, 2.45) is 0 Å². The van der Waals surface area contributed by atoms with Crippen LogP contribution in [0.2, 0.25) is 0 Å². The molecule has 0 unspecified atom stereocenters. The van der Waals surface area contributed by atoms with Crippen molar-refractivity contribution < 1.29 is 26.3 Å². The van der Waals surface area contributed by atoms with Crippen molar-refractivity contribution in [3.63, 3.8) is 0 Å². The number of rotatable bonds is 2. The van der Waals surface area contributed by atoms with E-state index >= 15 is 0 Å². The number of hydrogen-bond donors (Lipinski definition) is 0. The van der Waals surface area contributed by atoms with E-state index in [4.69, 9.17) is 0 Å². The van der Waals surface area contributed by atoms with Crippen molar-refractivity contribution in [1.29, 1.82) is 0 Å². The van der Waals surface area contributed by atoms with Gasteiger partial charge in [-0.2, -0.15) is 26.3 Å². The molecule has 2 aromatic carbocycles. The summed E-state index contributed by atoms with van der Waals surface area (Å²) in [4.78, 5) is 1.10. The zero-order valence-corrected chi connectivity index (χ0v) is 17.8. The maximum atomic E-state index is 15.0. The molecule has 0 spiro atoms. The SMILES string of the molecule is CC1=C(c2c(-c3c(C)sc4ccccc34)sc3ccccc23)C(F)(F)C(F)(F)C1(F)F. The lowest BCUT2D eigenvalue weighted by atomic mass is 9.93. The summed E-state index contributed by atoms with van der Waals surface area (Å²) < 4.78 is 88.7. The third-order valence-electron chi connectivity index (χ3n) is 5.79. The molecule has 4 aromatic rings. The first-order valence-corrected chi connectivity index (χ1v) is 11.0. The highest BCUT2D eigenvalue weighted by Crippen LogP contribution is 2.64. The van der Waals surface area contributed by atoms with Crippen LogP contribution in [-0.4, -0.2) is 17.8 Å². The van der Waals surface area contributed by atoms with Crippen molar-refractivity contribution in [1.82, 2.24) is 0 Å². The Bertz CT molecular complexity index is 1390. The van der Waals surface area contributed by atoms with Gasteiger partial charge in [0.05, 0.1) is 0 Å². The van der Waals surface area contributed by atoms with E-state index in [2.05, 4.69) is 0 Å². The standard InChI is InChI=1S/C23H14F6S2/c1-11-19(22(26,27)23(28,29)21(11,24)25)18-14-8-4-6-10-16(14)31-20(18)17-12(2)30-15-9-5-3-7-13(15)17/h3-10H,1-2H3. The fraction of sp³-hybridized carbons (Fsp3) is 0.217. The molecule has 1 aliphatic carbocycles. The topological polar surface area (TPSA) is 0 Å². The van der Waals surface area contributed by atoms with Crippen LogP contribution in [0, 0.1) is 6.92 Å². The minimum Gasteiger partial charge on any atom is -0.194 e. The number of benzene rings is 2. The molecule has 2 aromatic heterocycles. The number of fused-ring (bicyclic) bond motifs is 2. The van der Waals surface area contributed by atoms with Gasteiger partial charge in [-0.05, 0) is 26.0 Å². The van der Waals surface area contributed by atoms with Crippen LogP contribution < -0.4 is 0 Å². The van der Waals surface area contributed by atoms with Gasteiger partial charge in [-0.3, -0.25) is 0 Å². The van der Waals surface area contributed by atoms with Crippen LogP contribution in [0.5, 0.6) is 0 Å². The van der Waals surface area contributed by atoms with Crippen molar-refractivity contribution in [3.8, 4) is 10.4 Å². The molecule has 0 saturated carbocycles. The van der Waals surface area contributed by atoms with Gasteiger partial charge in [-0.1, -0.05) is 36.4 Å². The summed E-state index contributed by atoms with van der Waals surface area (Å²) in [6.07, 6.45) is 0. The highest BCUT2D eigenvalue weighted by atomic mass is 32.1. The summed E-state index contributed by atoms with van der Waals surface area (Å²) in [5, 5.41) is 1.04. The van der Waals surface area contributed by atoms with Gasteiger partial charge in [0.2, 0.25) is 0 Å². The van der Waals surface area contributed by atoms with Gasteiger partial charge >= 0.3 is 17.8 Å². The van der Waals surface area contributed by atoms with Crippen LogP contribution in [0.1, 0.15) is 17.4 Å². The Kier molecular flexibility index (Phi) is 4.22. The first-order chi connectivity index (χ1) is 14.5. The number of halogens is 6. The van der Waals surface area contributed by atoms with Gasteiger partial charge in [0, 0.05) is 52.2 Å². The number of hydrogen-bond acceptors (Lipinski definition) is 2. The largest absolute Gasteiger partial charge is 0.380 e. The number of thiophene rings is 2. The van der Waals surface area contributed by atoms with Crippen molar-refractivity contribution in [2.75, 3.05) is 0 Å². The molecule has 160 valence electrons. The lowest BCUT2D eigenvalue weighted by Gasteiger charge is -2.25. The molecule has 0 fully saturated rings. The maximum Gasteiger partial charge on any atom is 0.380 e. The van der Waals surface area contributed by atoms with Gasteiger partial charge in [0.15, 0.2) is 0 Å². The summed E-state index contributed by atoms with van der Waals surface area (Å²) >= 11 is 2.59. The average Bonchev–Trinajstić information content (AvgIpc) is 3.26. The van der Waals surface area contributed by atoms with E-state index in [-0.39, 0.29) is 10.9 Å². The van der Waals surface area contributed by atoms with E-state index in [1.54, 1.807) is 24.3 Å². The van der Waals surface area contributed by atoms with Gasteiger partial charge < -0.3 is 0 Å². The minimum absolute atomic E-state index is 0.230. The zero-order valence-electron chi connectivity index (χ0n) is 16.2. The highest BCUT2D eigenvalue weighted by molar-refractivity contribution is 7.24. The molecular weight excluding hydrogens is 454 g/mol. The molecule has 0 amide bonds. The number of aryl methyl sites for hydroxylation is 1. The molecular formula is C23H14F6S2. The van der Waals surface area contributed by atoms with Crippen LogP contribution in [0.4, 0.5) is 26.3 Å². The van der Waals surface area contributed by atoms with E-state index in [0.29, 0.717) is 22.1 Å². The lowest BCUT2D eigenvalue weighted by molar-refractivity contribution is -0.259. The Morgan fingerprint density at radius 2 is 1.16 bits per heavy atom. The molecule has 1 aliphatic rings. The second kappa shape index (κ2) is 6.36. The molecule has 5 rings (SSSR count). The van der Waals surface area contributed by atoms with Crippen molar-refractivity contribution >= 4 is 48.4 Å². The third kappa shape index (κ3) is 2.49. The van der Waals surface area contributed by atoms with E-state index < -0.39 is 28.9 Å². The highest BCUT2D eigenvalue weighted by Gasteiger charge is 2.79. The monoisotopic (exact) mass is 468 g/mol. The van der Waals surface area contributed by atoms with Crippen LogP contribution in [0.15, 0.2) is 54.1 Å². The fourth-order valence-electron chi connectivity index (χ4n) is 4.25. The second-order valence-electron chi connectivity index (χ2n) is 7.55. The van der Waals surface area contributed by atoms with Gasteiger partial charge in [-0.25, -0.2) is 0 Å². The average molecular weight is 468 g/mol. The number of allylic oxidation sites excluding steroid dienone is 2. The summed E-state index contributed by atoms with van der Waals surface area (Å²) in [5.74, 6) is -15.5. The predicted octanol–water partition coefficient (Wildman–Crippen LogP) is 8.78. The summed E-state index contributed by atoms with van der Waals surface area (Å²) in [5.41, 5.74) is -2.17. The first kappa shape index (κ1) is 20.6. The van der Waals surface area contributed by atoms with Gasteiger partial charge in [0.25, 0.3) is 0 Å². The first-order valence-electron chi connectivity index (χ1n) is 9.36. The lowest BCUT2D eigenvalue weighted by Crippen LogP contribution is -2.48. The Morgan fingerprint density at radius 3 is 1.71 bits per heavy atom. The van der Waals surface area contributed by atoms with E-state index in [1.807, 2.05) is 25.1 Å². The maximum absolute atomic E-state index is 15.0. The van der Waals surface area contributed by atoms with Crippen LogP contribution in [0.25, 0.3) is 36.2 Å². The smallest absolute Gasteiger partial charge is 0.194 e. The Labute approximate surface area is 181 Å². The zero-order chi connectivity index (χ0) is 22.3. The summed E-state index contributed by atoms with van der Waals surface area (Å²) in [6, 6.07) is 13.8. The minimum atomic E-state index is -5.51. The molecule has 2 heterocycles. The normalized spacial score (nSPS) is 19.6. The third-order valence-corrected chi connectivity index (χ3v) is 8.07. The molecule has 8 heteroatoms. The molecule has 0 radical (unpaired) electrons. The Morgan fingerprint density at radius 1 is 0.645 bits per heavy atom. The second-order valence-corrected chi connectivity index (χ2v) is 9.86. The Balaban J connectivity index is 1.94. The molecule has 31 heavy (non-hydrogen) atoms. The molecule has 0 atom stereocenters. The van der Waals surface area contributed by atoms with Crippen LogP contribution in [0.3, 0.4) is 0 Å². The predicted molar refractivity (Wildman–Crippen MR) is 115 cm³/mol. The van der Waals surface area contributed by atoms with Crippen LogP contribution >= 0.6 is 22.7 Å². The van der Waals surface area contributed by atoms with Crippen LogP contribution in [-0.2, 0) is 0 Å². The quantitative estimate of drug-likeness (QED) is 0.258. The summed E-state index contributed by atoms with van der Waals surface area (Å²) in [6.45, 7) is 2.49. The van der Waals surface area contributed by atoms with Crippen molar-refractivity contribution in [3.05, 3.63) is 64.5 Å². The fourth-order valence-corrected chi connectivity index (χ4v) is 6.71. The molecule has 0 bridgehead atoms. The van der Waals surface area contributed by atoms with E-state index in [9.17, 15) is 26.3 Å². The number of alkyl halides is 6. The molecule has 0 N–H and O–H groups in total. The van der Waals surface area contributed by atoms with Gasteiger partial charge in [0.1, 0.15) is 0 Å². The molecule has 0 nitrogen and oxygen atoms in total. The van der Waals surface area contributed by atoms with E-state index in [0.717, 1.165) is 26.3 Å². The summed E-state index contributed by atoms with van der Waals surface area (Å²) in [7, 11) is 0. The van der Waals surface area contributed by atoms with Gasteiger partial charge in [-0.15, -0.1) is 22.7 Å².